The average molecular weight is 281 g/mol. The van der Waals surface area contributed by atoms with Crippen molar-refractivity contribution in [2.75, 3.05) is 0 Å². The minimum atomic E-state index is -0.919. The number of carbonyl (C=O) groups is 2. The molecule has 20 heavy (non-hydrogen) atoms. The molecule has 1 unspecified atom stereocenters. The van der Waals surface area contributed by atoms with Gasteiger partial charge in [0, 0.05) is 24.6 Å². The Kier molecular flexibility index (Phi) is 4.04. The van der Waals surface area contributed by atoms with Gasteiger partial charge in [0.15, 0.2) is 0 Å². The molecule has 1 aromatic rings. The number of rotatable bonds is 4. The maximum absolute atomic E-state index is 13.8. The molecule has 7 nitrogen and oxygen atoms in total. The molecule has 106 valence electrons. The van der Waals surface area contributed by atoms with E-state index < -0.39 is 28.4 Å². The maximum Gasteiger partial charge on any atom is 0.305 e. The van der Waals surface area contributed by atoms with Crippen LogP contribution in [0.15, 0.2) is 18.2 Å². The Balaban J connectivity index is 2.04. The molecule has 0 aromatic heterocycles. The number of carbonyl (C=O) groups excluding carboxylic acids is 2. The molecule has 0 aliphatic carbocycles. The highest BCUT2D eigenvalue weighted by Gasteiger charge is 2.26. The van der Waals surface area contributed by atoms with Gasteiger partial charge < -0.3 is 5.32 Å². The van der Waals surface area contributed by atoms with E-state index in [9.17, 15) is 24.1 Å². The number of hydrogen-bond donors (Lipinski definition) is 2. The monoisotopic (exact) mass is 281 g/mol. The van der Waals surface area contributed by atoms with Gasteiger partial charge in [-0.2, -0.15) is 4.39 Å². The van der Waals surface area contributed by atoms with E-state index >= 15 is 0 Å². The maximum atomic E-state index is 13.8. The van der Waals surface area contributed by atoms with Crippen molar-refractivity contribution in [3.8, 4) is 0 Å². The number of nitro groups is 1. The molecular formula is C12H12FN3O4. The Morgan fingerprint density at radius 1 is 1.45 bits per heavy atom. The summed E-state index contributed by atoms with van der Waals surface area (Å²) in [5, 5.41) is 15.6. The van der Waals surface area contributed by atoms with Crippen molar-refractivity contribution in [2.45, 2.75) is 25.4 Å². The lowest BCUT2D eigenvalue weighted by Crippen LogP contribution is -2.50. The second-order valence-electron chi connectivity index (χ2n) is 4.39. The molecule has 1 atom stereocenters. The first-order chi connectivity index (χ1) is 9.49. The van der Waals surface area contributed by atoms with E-state index in [2.05, 4.69) is 10.6 Å². The van der Waals surface area contributed by atoms with Crippen LogP contribution in [0.4, 0.5) is 10.1 Å². The van der Waals surface area contributed by atoms with E-state index in [4.69, 9.17) is 0 Å². The minimum absolute atomic E-state index is 0.0280. The second kappa shape index (κ2) is 5.74. The van der Waals surface area contributed by atoms with Crippen LogP contribution in [0.5, 0.6) is 0 Å². The smallest absolute Gasteiger partial charge is 0.302 e. The summed E-state index contributed by atoms with van der Waals surface area (Å²) in [7, 11) is 0. The Morgan fingerprint density at radius 2 is 2.20 bits per heavy atom. The van der Waals surface area contributed by atoms with Gasteiger partial charge in [-0.05, 0) is 6.42 Å². The number of nitro benzene ring substituents is 1. The average Bonchev–Trinajstić information content (AvgIpc) is 2.39. The summed E-state index contributed by atoms with van der Waals surface area (Å²) in [6.07, 6.45) is 0.530. The van der Waals surface area contributed by atoms with Crippen LogP contribution in [0.25, 0.3) is 0 Å². The third-order valence-corrected chi connectivity index (χ3v) is 3.03. The quantitative estimate of drug-likeness (QED) is 0.479. The highest BCUT2D eigenvalue weighted by Crippen LogP contribution is 2.20. The first kappa shape index (κ1) is 14.1. The zero-order valence-electron chi connectivity index (χ0n) is 10.4. The lowest BCUT2D eigenvalue weighted by molar-refractivity contribution is -0.387. The lowest BCUT2D eigenvalue weighted by atomic mass is 10.1. The van der Waals surface area contributed by atoms with Crippen LogP contribution in [-0.2, 0) is 16.1 Å². The van der Waals surface area contributed by atoms with Gasteiger partial charge in [0.2, 0.25) is 17.6 Å². The summed E-state index contributed by atoms with van der Waals surface area (Å²) in [5.41, 5.74) is -0.503. The molecule has 1 aliphatic rings. The first-order valence-corrected chi connectivity index (χ1v) is 5.98. The minimum Gasteiger partial charge on any atom is -0.302 e. The summed E-state index contributed by atoms with van der Waals surface area (Å²) < 4.78 is 13.8. The van der Waals surface area contributed by atoms with Gasteiger partial charge in [0.25, 0.3) is 0 Å². The van der Waals surface area contributed by atoms with Crippen LogP contribution in [-0.4, -0.2) is 22.8 Å². The molecule has 8 heteroatoms. The van der Waals surface area contributed by atoms with Crippen LogP contribution in [0.1, 0.15) is 18.4 Å². The molecule has 0 bridgehead atoms. The van der Waals surface area contributed by atoms with E-state index in [1.54, 1.807) is 0 Å². The summed E-state index contributed by atoms with van der Waals surface area (Å²) >= 11 is 0. The molecule has 1 aliphatic heterocycles. The number of hydrogen-bond acceptors (Lipinski definition) is 5. The SMILES string of the molecule is O=C1CCC(NCc2cccc([N+](=O)[O-])c2F)C(=O)N1. The van der Waals surface area contributed by atoms with E-state index in [-0.39, 0.29) is 24.4 Å². The molecule has 0 radical (unpaired) electrons. The third-order valence-electron chi connectivity index (χ3n) is 3.03. The normalized spacial score (nSPS) is 18.8. The summed E-state index contributed by atoms with van der Waals surface area (Å²) in [5.74, 6) is -1.72. The van der Waals surface area contributed by atoms with Crippen LogP contribution in [0, 0.1) is 15.9 Å². The van der Waals surface area contributed by atoms with Gasteiger partial charge in [-0.3, -0.25) is 25.0 Å². The number of piperidine rings is 1. The molecule has 1 saturated heterocycles. The zero-order chi connectivity index (χ0) is 14.7. The summed E-state index contributed by atoms with van der Waals surface area (Å²) in [6.45, 7) is -0.0280. The standard InChI is InChI=1S/C12H12FN3O4/c13-11-7(2-1-3-9(11)16(19)20)6-14-8-4-5-10(17)15-12(8)18/h1-3,8,14H,4-6H2,(H,15,17,18). The van der Waals surface area contributed by atoms with E-state index in [0.29, 0.717) is 6.42 Å². The van der Waals surface area contributed by atoms with Crippen molar-refractivity contribution in [3.63, 3.8) is 0 Å². The molecule has 0 saturated carbocycles. The molecule has 1 heterocycles. The molecular weight excluding hydrogens is 269 g/mol. The predicted molar refractivity (Wildman–Crippen MR) is 66.1 cm³/mol. The largest absolute Gasteiger partial charge is 0.305 e. The van der Waals surface area contributed by atoms with E-state index in [1.807, 2.05) is 0 Å². The van der Waals surface area contributed by atoms with Crippen molar-refractivity contribution >= 4 is 17.5 Å². The van der Waals surface area contributed by atoms with Gasteiger partial charge in [-0.1, -0.05) is 12.1 Å². The summed E-state index contributed by atoms with van der Waals surface area (Å²) in [6, 6.07) is 3.25. The van der Waals surface area contributed by atoms with Crippen LogP contribution in [0.3, 0.4) is 0 Å². The fourth-order valence-corrected chi connectivity index (χ4v) is 1.97. The Morgan fingerprint density at radius 3 is 2.85 bits per heavy atom. The Labute approximate surface area is 113 Å². The molecule has 1 fully saturated rings. The van der Waals surface area contributed by atoms with Crippen LogP contribution in [0.2, 0.25) is 0 Å². The van der Waals surface area contributed by atoms with Gasteiger partial charge in [0.1, 0.15) is 0 Å². The van der Waals surface area contributed by atoms with Crippen molar-refractivity contribution in [2.24, 2.45) is 0 Å². The third kappa shape index (κ3) is 2.97. The van der Waals surface area contributed by atoms with Gasteiger partial charge in [-0.25, -0.2) is 0 Å². The molecule has 2 N–H and O–H groups in total. The second-order valence-corrected chi connectivity index (χ2v) is 4.39. The fourth-order valence-electron chi connectivity index (χ4n) is 1.97. The van der Waals surface area contributed by atoms with Crippen molar-refractivity contribution in [3.05, 3.63) is 39.7 Å². The van der Waals surface area contributed by atoms with Crippen molar-refractivity contribution in [1.29, 1.82) is 0 Å². The van der Waals surface area contributed by atoms with Gasteiger partial charge in [-0.15, -0.1) is 0 Å². The van der Waals surface area contributed by atoms with Crippen LogP contribution < -0.4 is 10.6 Å². The zero-order valence-corrected chi connectivity index (χ0v) is 10.4. The number of nitrogens with one attached hydrogen (secondary N) is 2. The highest BCUT2D eigenvalue weighted by molar-refractivity contribution is 6.00. The topological polar surface area (TPSA) is 101 Å². The highest BCUT2D eigenvalue weighted by atomic mass is 19.1. The summed E-state index contributed by atoms with van der Waals surface area (Å²) in [4.78, 5) is 32.3. The van der Waals surface area contributed by atoms with E-state index in [0.717, 1.165) is 6.07 Å². The number of imide groups is 1. The van der Waals surface area contributed by atoms with Crippen LogP contribution >= 0.6 is 0 Å². The first-order valence-electron chi connectivity index (χ1n) is 5.98. The Bertz CT molecular complexity index is 576. The number of benzene rings is 1. The number of nitrogens with zero attached hydrogens (tertiary/aromatic N) is 1. The van der Waals surface area contributed by atoms with Crippen molar-refractivity contribution in [1.82, 2.24) is 10.6 Å². The van der Waals surface area contributed by atoms with E-state index in [1.165, 1.54) is 12.1 Å². The molecule has 0 spiro atoms. The molecule has 2 rings (SSSR count). The van der Waals surface area contributed by atoms with Gasteiger partial charge >= 0.3 is 5.69 Å². The number of amides is 2. The molecule has 2 amide bonds. The lowest BCUT2D eigenvalue weighted by Gasteiger charge is -2.21. The fraction of sp³-hybridized carbons (Fsp3) is 0.333. The number of halogens is 1. The van der Waals surface area contributed by atoms with Gasteiger partial charge in [0.05, 0.1) is 11.0 Å². The molecule has 1 aromatic carbocycles. The Hall–Kier alpha value is -2.35. The van der Waals surface area contributed by atoms with Crippen molar-refractivity contribution < 1.29 is 18.9 Å². The predicted octanol–water partition coefficient (Wildman–Crippen LogP) is 0.629.